The van der Waals surface area contributed by atoms with Crippen molar-refractivity contribution in [2.75, 3.05) is 20.4 Å². The van der Waals surface area contributed by atoms with Crippen LogP contribution in [0.1, 0.15) is 5.56 Å². The summed E-state index contributed by atoms with van der Waals surface area (Å²) >= 11 is 0. The number of nitrogens with zero attached hydrogens (tertiary/aromatic N) is 1. The van der Waals surface area contributed by atoms with Gasteiger partial charge in [0.2, 0.25) is 5.91 Å². The number of methoxy groups -OCH3 is 2. The van der Waals surface area contributed by atoms with E-state index in [2.05, 4.69) is 10.5 Å². The SMILES string of the molecule is COc1ccc(C=NNC(=O)CP(=O)(c2ccccc2)c2ccccc2)cc1OC. The molecule has 3 rings (SSSR count). The van der Waals surface area contributed by atoms with Crippen molar-refractivity contribution in [3.8, 4) is 11.5 Å². The fourth-order valence-corrected chi connectivity index (χ4v) is 5.46. The van der Waals surface area contributed by atoms with E-state index in [1.165, 1.54) is 6.21 Å². The highest BCUT2D eigenvalue weighted by atomic mass is 31.2. The Morgan fingerprint density at radius 1 is 0.900 bits per heavy atom. The Labute approximate surface area is 175 Å². The number of benzene rings is 3. The van der Waals surface area contributed by atoms with E-state index in [-0.39, 0.29) is 6.16 Å². The van der Waals surface area contributed by atoms with Crippen LogP contribution in [0.2, 0.25) is 0 Å². The lowest BCUT2D eigenvalue weighted by molar-refractivity contribution is -0.118. The third-order valence-corrected chi connectivity index (χ3v) is 7.52. The second-order valence-corrected chi connectivity index (χ2v) is 9.30. The number of hydrazone groups is 1. The zero-order valence-electron chi connectivity index (χ0n) is 16.8. The van der Waals surface area contributed by atoms with Crippen LogP contribution in [0.15, 0.2) is 84.0 Å². The predicted molar refractivity (Wildman–Crippen MR) is 120 cm³/mol. The molecule has 0 saturated carbocycles. The average Bonchev–Trinajstić information content (AvgIpc) is 2.80. The van der Waals surface area contributed by atoms with Crippen LogP contribution in [0, 0.1) is 0 Å². The highest BCUT2D eigenvalue weighted by molar-refractivity contribution is 7.79. The first-order valence-electron chi connectivity index (χ1n) is 9.31. The first kappa shape index (κ1) is 21.3. The first-order chi connectivity index (χ1) is 14.6. The van der Waals surface area contributed by atoms with E-state index >= 15 is 0 Å². The van der Waals surface area contributed by atoms with Crippen molar-refractivity contribution in [3.63, 3.8) is 0 Å². The van der Waals surface area contributed by atoms with Gasteiger partial charge in [0.15, 0.2) is 18.6 Å². The Balaban J connectivity index is 1.76. The second kappa shape index (κ2) is 9.90. The molecule has 0 spiro atoms. The van der Waals surface area contributed by atoms with Crippen LogP contribution in [-0.2, 0) is 9.36 Å². The van der Waals surface area contributed by atoms with Crippen LogP contribution in [0.25, 0.3) is 0 Å². The van der Waals surface area contributed by atoms with Gasteiger partial charge in [-0.25, -0.2) is 5.43 Å². The summed E-state index contributed by atoms with van der Waals surface area (Å²) in [6.45, 7) is 0. The number of hydrogen-bond acceptors (Lipinski definition) is 5. The molecule has 0 radical (unpaired) electrons. The molecule has 30 heavy (non-hydrogen) atoms. The lowest BCUT2D eigenvalue weighted by atomic mass is 10.2. The van der Waals surface area contributed by atoms with Gasteiger partial charge in [-0.2, -0.15) is 5.10 Å². The molecule has 1 amide bonds. The fraction of sp³-hybridized carbons (Fsp3) is 0.130. The van der Waals surface area contributed by atoms with E-state index < -0.39 is 13.0 Å². The third-order valence-electron chi connectivity index (χ3n) is 4.52. The van der Waals surface area contributed by atoms with Crippen LogP contribution < -0.4 is 25.5 Å². The van der Waals surface area contributed by atoms with Crippen molar-refractivity contribution in [2.24, 2.45) is 5.10 Å². The molecule has 154 valence electrons. The number of nitrogens with one attached hydrogen (secondary N) is 1. The van der Waals surface area contributed by atoms with Gasteiger partial charge in [0.05, 0.1) is 26.6 Å². The number of carbonyl (C=O) groups is 1. The van der Waals surface area contributed by atoms with Crippen molar-refractivity contribution < 1.29 is 18.8 Å². The van der Waals surface area contributed by atoms with E-state index in [9.17, 15) is 9.36 Å². The lowest BCUT2D eigenvalue weighted by Crippen LogP contribution is -2.28. The summed E-state index contributed by atoms with van der Waals surface area (Å²) < 4.78 is 24.3. The van der Waals surface area contributed by atoms with E-state index in [1.54, 1.807) is 56.7 Å². The van der Waals surface area contributed by atoms with Gasteiger partial charge in [0, 0.05) is 10.6 Å². The van der Waals surface area contributed by atoms with E-state index in [0.717, 1.165) is 5.56 Å². The summed E-state index contributed by atoms with van der Waals surface area (Å²) in [5, 5.41) is 5.27. The van der Waals surface area contributed by atoms with Gasteiger partial charge < -0.3 is 14.0 Å². The molecular formula is C23H23N2O4P. The highest BCUT2D eigenvalue weighted by Gasteiger charge is 2.30. The fourth-order valence-electron chi connectivity index (χ4n) is 3.02. The number of hydrogen-bond donors (Lipinski definition) is 1. The average molecular weight is 422 g/mol. The molecule has 1 N–H and O–H groups in total. The molecule has 0 saturated heterocycles. The van der Waals surface area contributed by atoms with Crippen LogP contribution in [0.4, 0.5) is 0 Å². The molecule has 3 aromatic rings. The quantitative estimate of drug-likeness (QED) is 0.344. The molecule has 0 aliphatic heterocycles. The maximum Gasteiger partial charge on any atom is 0.248 e. The van der Waals surface area contributed by atoms with E-state index in [4.69, 9.17) is 9.47 Å². The maximum absolute atomic E-state index is 13.9. The monoisotopic (exact) mass is 422 g/mol. The van der Waals surface area contributed by atoms with E-state index in [1.807, 2.05) is 36.4 Å². The predicted octanol–water partition coefficient (Wildman–Crippen LogP) is 3.17. The summed E-state index contributed by atoms with van der Waals surface area (Å²) in [5.74, 6) is 0.735. The third kappa shape index (κ3) is 4.97. The Kier molecular flexibility index (Phi) is 7.04. The van der Waals surface area contributed by atoms with Gasteiger partial charge >= 0.3 is 0 Å². The Hall–Kier alpha value is -3.37. The van der Waals surface area contributed by atoms with Gasteiger partial charge in [-0.3, -0.25) is 4.79 Å². The minimum Gasteiger partial charge on any atom is -0.493 e. The van der Waals surface area contributed by atoms with Crippen molar-refractivity contribution >= 4 is 29.9 Å². The second-order valence-electron chi connectivity index (χ2n) is 6.48. The smallest absolute Gasteiger partial charge is 0.248 e. The van der Waals surface area contributed by atoms with Gasteiger partial charge in [0.25, 0.3) is 0 Å². The normalized spacial score (nSPS) is 11.3. The summed E-state index contributed by atoms with van der Waals surface area (Å²) in [6, 6.07) is 23.4. The Morgan fingerprint density at radius 3 is 2.00 bits per heavy atom. The largest absolute Gasteiger partial charge is 0.493 e. The Bertz CT molecular complexity index is 1030. The molecule has 0 heterocycles. The number of carbonyl (C=O) groups excluding carboxylic acids is 1. The van der Waals surface area contributed by atoms with Crippen LogP contribution in [-0.4, -0.2) is 32.5 Å². The molecule has 0 bridgehead atoms. The van der Waals surface area contributed by atoms with Crippen molar-refractivity contribution in [1.29, 1.82) is 0 Å². The Morgan fingerprint density at radius 2 is 1.47 bits per heavy atom. The molecule has 0 unspecified atom stereocenters. The molecule has 0 aromatic heterocycles. The molecular weight excluding hydrogens is 399 g/mol. The zero-order valence-corrected chi connectivity index (χ0v) is 17.7. The minimum absolute atomic E-state index is 0.176. The molecule has 0 aliphatic carbocycles. The summed E-state index contributed by atoms with van der Waals surface area (Å²) in [5.41, 5.74) is 3.20. The lowest BCUT2D eigenvalue weighted by Gasteiger charge is -2.18. The standard InChI is InChI=1S/C23H23N2O4P/c1-28-21-14-13-18(15-22(21)29-2)16-24-25-23(26)17-30(27,19-9-5-3-6-10-19)20-11-7-4-8-12-20/h3-16H,17H2,1-2H3,(H,25,26). The molecule has 3 aromatic carbocycles. The number of rotatable bonds is 8. The summed E-state index contributed by atoms with van der Waals surface area (Å²) in [7, 11) is -0.0322. The first-order valence-corrected chi connectivity index (χ1v) is 11.2. The highest BCUT2D eigenvalue weighted by Crippen LogP contribution is 2.42. The van der Waals surface area contributed by atoms with Gasteiger partial charge in [-0.1, -0.05) is 60.7 Å². The van der Waals surface area contributed by atoms with Crippen molar-refractivity contribution in [1.82, 2.24) is 5.43 Å². The van der Waals surface area contributed by atoms with Gasteiger partial charge in [-0.15, -0.1) is 0 Å². The van der Waals surface area contributed by atoms with Crippen molar-refractivity contribution in [3.05, 3.63) is 84.4 Å². The number of ether oxygens (including phenoxy) is 2. The minimum atomic E-state index is -3.14. The van der Waals surface area contributed by atoms with Gasteiger partial charge in [0.1, 0.15) is 0 Å². The molecule has 7 heteroatoms. The molecule has 6 nitrogen and oxygen atoms in total. The summed E-state index contributed by atoms with van der Waals surface area (Å²) in [4.78, 5) is 12.6. The van der Waals surface area contributed by atoms with Crippen LogP contribution in [0.3, 0.4) is 0 Å². The molecule has 0 fully saturated rings. The van der Waals surface area contributed by atoms with Crippen molar-refractivity contribution in [2.45, 2.75) is 0 Å². The van der Waals surface area contributed by atoms with Crippen LogP contribution in [0.5, 0.6) is 11.5 Å². The maximum atomic E-state index is 13.9. The topological polar surface area (TPSA) is 77.0 Å². The zero-order chi connectivity index (χ0) is 21.4. The molecule has 0 atom stereocenters. The molecule has 0 aliphatic rings. The van der Waals surface area contributed by atoms with Gasteiger partial charge in [-0.05, 0) is 23.8 Å². The number of amides is 1. The van der Waals surface area contributed by atoms with E-state index in [0.29, 0.717) is 22.1 Å². The summed E-state index contributed by atoms with van der Waals surface area (Å²) in [6.07, 6.45) is 1.32. The van der Waals surface area contributed by atoms with Crippen LogP contribution >= 0.6 is 7.14 Å².